The lowest BCUT2D eigenvalue weighted by Crippen LogP contribution is -2.48. The molecule has 2 aliphatic rings. The first kappa shape index (κ1) is 14.5. The van der Waals surface area contributed by atoms with Crippen molar-refractivity contribution in [2.75, 3.05) is 13.1 Å². The van der Waals surface area contributed by atoms with Crippen molar-refractivity contribution in [2.45, 2.75) is 70.5 Å². The van der Waals surface area contributed by atoms with Crippen LogP contribution in [-0.4, -0.2) is 35.1 Å². The van der Waals surface area contributed by atoms with Crippen LogP contribution in [0.15, 0.2) is 5.38 Å². The maximum absolute atomic E-state index is 4.96. The number of likely N-dealkylation sites (tertiary alicyclic amines) is 1. The van der Waals surface area contributed by atoms with Crippen molar-refractivity contribution >= 4 is 11.3 Å². The minimum absolute atomic E-state index is 0.0918. The second-order valence-electron chi connectivity index (χ2n) is 7.07. The largest absolute Gasteiger partial charge is 0.302 e. The van der Waals surface area contributed by atoms with Gasteiger partial charge in [-0.15, -0.1) is 11.3 Å². The molecule has 4 heteroatoms. The third-order valence-corrected chi connectivity index (χ3v) is 5.51. The molecule has 112 valence electrons. The monoisotopic (exact) mass is 293 g/mol. The summed E-state index contributed by atoms with van der Waals surface area (Å²) in [7, 11) is 0. The molecular weight excluding hydrogens is 266 g/mol. The van der Waals surface area contributed by atoms with Crippen LogP contribution < -0.4 is 5.32 Å². The van der Waals surface area contributed by atoms with Gasteiger partial charge < -0.3 is 5.32 Å². The molecule has 3 nitrogen and oxygen atoms in total. The van der Waals surface area contributed by atoms with Crippen molar-refractivity contribution in [2.24, 2.45) is 0 Å². The molecule has 1 saturated carbocycles. The fourth-order valence-corrected chi connectivity index (χ4v) is 4.43. The molecule has 0 bridgehead atoms. The molecule has 0 aromatic carbocycles. The number of rotatable bonds is 5. The Morgan fingerprint density at radius 1 is 1.35 bits per heavy atom. The molecule has 1 N–H and O–H groups in total. The van der Waals surface area contributed by atoms with Gasteiger partial charge in [0.2, 0.25) is 0 Å². The van der Waals surface area contributed by atoms with Crippen molar-refractivity contribution in [1.82, 2.24) is 15.2 Å². The molecular formula is C16H27N3S. The first-order valence-electron chi connectivity index (χ1n) is 7.98. The van der Waals surface area contributed by atoms with Gasteiger partial charge in [0, 0.05) is 30.6 Å². The second-order valence-corrected chi connectivity index (χ2v) is 7.92. The smallest absolute Gasteiger partial charge is 0.114 e. The summed E-state index contributed by atoms with van der Waals surface area (Å²) in [5.74, 6) is 0.525. The highest BCUT2D eigenvalue weighted by Gasteiger charge is 2.46. The Labute approximate surface area is 126 Å². The predicted molar refractivity (Wildman–Crippen MR) is 85.4 cm³/mol. The van der Waals surface area contributed by atoms with Crippen LogP contribution in [0.25, 0.3) is 0 Å². The van der Waals surface area contributed by atoms with Crippen LogP contribution in [0.1, 0.15) is 63.6 Å². The number of thiazole rings is 1. The number of nitrogens with zero attached hydrogens (tertiary/aromatic N) is 2. The van der Waals surface area contributed by atoms with Crippen molar-refractivity contribution in [3.8, 4) is 0 Å². The van der Waals surface area contributed by atoms with Gasteiger partial charge in [0.15, 0.2) is 0 Å². The fraction of sp³-hybridized carbons (Fsp3) is 0.812. The Bertz CT molecular complexity index is 464. The molecule has 1 aliphatic heterocycles. The van der Waals surface area contributed by atoms with Gasteiger partial charge in [-0.1, -0.05) is 13.8 Å². The van der Waals surface area contributed by atoms with Gasteiger partial charge >= 0.3 is 0 Å². The van der Waals surface area contributed by atoms with E-state index in [0.717, 1.165) is 12.6 Å². The predicted octanol–water partition coefficient (Wildman–Crippen LogP) is 3.33. The zero-order valence-electron chi connectivity index (χ0n) is 13.1. The number of hydrogen-bond acceptors (Lipinski definition) is 4. The van der Waals surface area contributed by atoms with Crippen LogP contribution in [0.3, 0.4) is 0 Å². The summed E-state index contributed by atoms with van der Waals surface area (Å²) >= 11 is 1.85. The number of hydrogen-bond donors (Lipinski definition) is 1. The zero-order chi connectivity index (χ0) is 14.3. The Kier molecular flexibility index (Phi) is 3.91. The van der Waals surface area contributed by atoms with Crippen molar-refractivity contribution in [3.63, 3.8) is 0 Å². The summed E-state index contributed by atoms with van der Waals surface area (Å²) in [6, 6.07) is 1.36. The lowest BCUT2D eigenvalue weighted by molar-refractivity contribution is 0.262. The summed E-state index contributed by atoms with van der Waals surface area (Å²) in [5.41, 5.74) is 1.34. The zero-order valence-corrected chi connectivity index (χ0v) is 14.0. The molecule has 2 fully saturated rings. The van der Waals surface area contributed by atoms with E-state index in [0.29, 0.717) is 12.0 Å². The van der Waals surface area contributed by atoms with Crippen molar-refractivity contribution < 1.29 is 0 Å². The van der Waals surface area contributed by atoms with Crippen LogP contribution >= 0.6 is 11.3 Å². The Hall–Kier alpha value is -0.450. The van der Waals surface area contributed by atoms with Gasteiger partial charge in [0.05, 0.1) is 11.2 Å². The molecule has 20 heavy (non-hydrogen) atoms. The molecule has 1 unspecified atom stereocenters. The van der Waals surface area contributed by atoms with E-state index in [1.165, 1.54) is 36.5 Å². The summed E-state index contributed by atoms with van der Waals surface area (Å²) in [6.45, 7) is 11.3. The molecule has 1 aliphatic carbocycles. The van der Waals surface area contributed by atoms with Crippen LogP contribution in [0.4, 0.5) is 0 Å². The van der Waals surface area contributed by atoms with Crippen molar-refractivity contribution in [1.29, 1.82) is 0 Å². The lowest BCUT2D eigenvalue weighted by Gasteiger charge is -2.31. The van der Waals surface area contributed by atoms with Gasteiger partial charge in [-0.2, -0.15) is 0 Å². The first-order chi connectivity index (χ1) is 9.50. The maximum Gasteiger partial charge on any atom is 0.114 e. The van der Waals surface area contributed by atoms with Crippen LogP contribution in [-0.2, 0) is 5.54 Å². The average molecular weight is 293 g/mol. The van der Waals surface area contributed by atoms with E-state index in [-0.39, 0.29) is 5.54 Å². The van der Waals surface area contributed by atoms with E-state index in [1.807, 2.05) is 11.3 Å². The third-order valence-electron chi connectivity index (χ3n) is 4.45. The van der Waals surface area contributed by atoms with Gasteiger partial charge in [-0.05, 0) is 39.0 Å². The molecule has 1 saturated heterocycles. The highest BCUT2D eigenvalue weighted by Crippen LogP contribution is 2.40. The Balaban J connectivity index is 1.84. The normalized spacial score (nSPS) is 27.9. The SMILES string of the molecule is CC(C)NC1(c2nc(C(C)C)cs2)CCN(C2CC2)C1. The minimum atomic E-state index is 0.0918. The van der Waals surface area contributed by atoms with Gasteiger partial charge in [-0.3, -0.25) is 4.90 Å². The summed E-state index contributed by atoms with van der Waals surface area (Å²) < 4.78 is 0. The minimum Gasteiger partial charge on any atom is -0.302 e. The first-order valence-corrected chi connectivity index (χ1v) is 8.86. The third kappa shape index (κ3) is 2.78. The topological polar surface area (TPSA) is 28.2 Å². The van der Waals surface area contributed by atoms with E-state index >= 15 is 0 Å². The quantitative estimate of drug-likeness (QED) is 0.902. The number of nitrogens with one attached hydrogen (secondary N) is 1. The van der Waals surface area contributed by atoms with Crippen LogP contribution in [0.2, 0.25) is 0 Å². The molecule has 0 amide bonds. The van der Waals surface area contributed by atoms with Crippen LogP contribution in [0, 0.1) is 0 Å². The molecule has 0 spiro atoms. The standard InChI is InChI=1S/C16H27N3S/c1-11(2)14-9-20-15(17-14)16(18-12(3)4)7-8-19(10-16)13-5-6-13/h9,11-13,18H,5-8,10H2,1-4H3. The van der Waals surface area contributed by atoms with E-state index in [4.69, 9.17) is 4.98 Å². The van der Waals surface area contributed by atoms with E-state index < -0.39 is 0 Å². The molecule has 1 aromatic heterocycles. The van der Waals surface area contributed by atoms with Gasteiger partial charge in [-0.25, -0.2) is 4.98 Å². The average Bonchev–Trinajstić information content (AvgIpc) is 2.94. The number of aromatic nitrogens is 1. The molecule has 0 radical (unpaired) electrons. The van der Waals surface area contributed by atoms with Gasteiger partial charge in [0.25, 0.3) is 0 Å². The Morgan fingerprint density at radius 3 is 2.65 bits per heavy atom. The van der Waals surface area contributed by atoms with Crippen molar-refractivity contribution in [3.05, 3.63) is 16.1 Å². The Morgan fingerprint density at radius 2 is 2.10 bits per heavy atom. The molecule has 1 aromatic rings. The summed E-state index contributed by atoms with van der Waals surface area (Å²) in [4.78, 5) is 7.63. The molecule has 2 heterocycles. The second kappa shape index (κ2) is 5.39. The maximum atomic E-state index is 4.96. The highest BCUT2D eigenvalue weighted by molar-refractivity contribution is 7.09. The molecule has 3 rings (SSSR count). The van der Waals surface area contributed by atoms with Gasteiger partial charge in [0.1, 0.15) is 5.01 Å². The fourth-order valence-electron chi connectivity index (χ4n) is 3.27. The highest BCUT2D eigenvalue weighted by atomic mass is 32.1. The molecule has 1 atom stereocenters. The lowest BCUT2D eigenvalue weighted by atomic mass is 9.98. The van der Waals surface area contributed by atoms with E-state index in [1.54, 1.807) is 0 Å². The summed E-state index contributed by atoms with van der Waals surface area (Å²) in [6.07, 6.45) is 3.99. The van der Waals surface area contributed by atoms with E-state index in [9.17, 15) is 0 Å². The van der Waals surface area contributed by atoms with E-state index in [2.05, 4.69) is 43.3 Å². The van der Waals surface area contributed by atoms with Crippen LogP contribution in [0.5, 0.6) is 0 Å². The summed E-state index contributed by atoms with van der Waals surface area (Å²) in [5, 5.41) is 7.40.